The van der Waals surface area contributed by atoms with Gasteiger partial charge in [0.2, 0.25) is 17.7 Å². The van der Waals surface area contributed by atoms with E-state index in [1.807, 2.05) is 44.2 Å². The fourth-order valence-corrected chi connectivity index (χ4v) is 2.31. The molecule has 1 aromatic rings. The van der Waals surface area contributed by atoms with Gasteiger partial charge in [-0.3, -0.25) is 14.4 Å². The third-order valence-corrected chi connectivity index (χ3v) is 3.56. The summed E-state index contributed by atoms with van der Waals surface area (Å²) in [6.07, 6.45) is 0.749. The molecule has 0 radical (unpaired) electrons. The van der Waals surface area contributed by atoms with Crippen molar-refractivity contribution in [3.63, 3.8) is 0 Å². The van der Waals surface area contributed by atoms with Gasteiger partial charge in [0.05, 0.1) is 6.42 Å². The van der Waals surface area contributed by atoms with Crippen LogP contribution >= 0.6 is 0 Å². The Morgan fingerprint density at radius 1 is 0.958 bits per heavy atom. The van der Waals surface area contributed by atoms with Crippen LogP contribution in [0.25, 0.3) is 0 Å². The summed E-state index contributed by atoms with van der Waals surface area (Å²) in [5.74, 6) is -0.578. The molecule has 0 heterocycles. The Bertz CT molecular complexity index is 558. The van der Waals surface area contributed by atoms with Gasteiger partial charge in [-0.15, -0.1) is 0 Å². The van der Waals surface area contributed by atoms with E-state index in [1.165, 1.54) is 7.05 Å². The van der Waals surface area contributed by atoms with Crippen LogP contribution in [0.5, 0.6) is 0 Å². The molecule has 3 N–H and O–H groups in total. The average Bonchev–Trinajstić information content (AvgIpc) is 2.53. The highest BCUT2D eigenvalue weighted by atomic mass is 16.2. The number of amides is 3. The van der Waals surface area contributed by atoms with Crippen LogP contribution in [0, 0.1) is 5.92 Å². The van der Waals surface area contributed by atoms with E-state index < -0.39 is 12.1 Å². The molecule has 0 aliphatic rings. The van der Waals surface area contributed by atoms with Crippen molar-refractivity contribution in [2.75, 3.05) is 7.05 Å². The molecule has 1 aromatic carbocycles. The quantitative estimate of drug-likeness (QED) is 0.663. The van der Waals surface area contributed by atoms with Crippen molar-refractivity contribution in [1.82, 2.24) is 16.0 Å². The van der Waals surface area contributed by atoms with Crippen LogP contribution in [0.15, 0.2) is 30.3 Å². The molecule has 6 nitrogen and oxygen atoms in total. The molecule has 0 fully saturated rings. The molecule has 0 spiro atoms. The molecule has 24 heavy (non-hydrogen) atoms. The van der Waals surface area contributed by atoms with Crippen LogP contribution < -0.4 is 16.0 Å². The zero-order valence-electron chi connectivity index (χ0n) is 14.8. The van der Waals surface area contributed by atoms with Crippen molar-refractivity contribution >= 4 is 17.7 Å². The molecule has 3 amide bonds. The third kappa shape index (κ3) is 6.81. The highest BCUT2D eigenvalue weighted by molar-refractivity contribution is 5.92. The van der Waals surface area contributed by atoms with Crippen LogP contribution in [0.3, 0.4) is 0 Å². The topological polar surface area (TPSA) is 87.3 Å². The zero-order chi connectivity index (χ0) is 18.1. The van der Waals surface area contributed by atoms with Gasteiger partial charge in [0.1, 0.15) is 12.1 Å². The van der Waals surface area contributed by atoms with Gasteiger partial charge in [0.25, 0.3) is 0 Å². The van der Waals surface area contributed by atoms with E-state index in [1.54, 1.807) is 6.92 Å². The molecular formula is C18H27N3O3. The van der Waals surface area contributed by atoms with Crippen molar-refractivity contribution in [2.45, 2.75) is 45.7 Å². The van der Waals surface area contributed by atoms with Crippen molar-refractivity contribution in [3.8, 4) is 0 Å². The van der Waals surface area contributed by atoms with Crippen LogP contribution in [0.2, 0.25) is 0 Å². The number of carbonyl (C=O) groups is 3. The van der Waals surface area contributed by atoms with E-state index in [-0.39, 0.29) is 30.1 Å². The van der Waals surface area contributed by atoms with Gasteiger partial charge in [-0.05, 0) is 24.8 Å². The van der Waals surface area contributed by atoms with Gasteiger partial charge >= 0.3 is 0 Å². The normalized spacial score (nSPS) is 13.0. The summed E-state index contributed by atoms with van der Waals surface area (Å²) in [6, 6.07) is 8.00. The number of hydrogen-bond donors (Lipinski definition) is 3. The molecule has 0 unspecified atom stereocenters. The first-order chi connectivity index (χ1) is 11.3. The number of benzene rings is 1. The van der Waals surface area contributed by atoms with E-state index >= 15 is 0 Å². The third-order valence-electron chi connectivity index (χ3n) is 3.56. The van der Waals surface area contributed by atoms with Crippen molar-refractivity contribution in [1.29, 1.82) is 0 Å². The first kappa shape index (κ1) is 19.7. The molecule has 0 bridgehead atoms. The second-order valence-electron chi connectivity index (χ2n) is 6.26. The fourth-order valence-electron chi connectivity index (χ4n) is 2.31. The van der Waals surface area contributed by atoms with Crippen molar-refractivity contribution in [3.05, 3.63) is 35.9 Å². The first-order valence-electron chi connectivity index (χ1n) is 8.18. The van der Waals surface area contributed by atoms with E-state index in [4.69, 9.17) is 0 Å². The van der Waals surface area contributed by atoms with Gasteiger partial charge in [-0.25, -0.2) is 0 Å². The fraction of sp³-hybridized carbons (Fsp3) is 0.500. The minimum atomic E-state index is -0.708. The summed E-state index contributed by atoms with van der Waals surface area (Å²) < 4.78 is 0. The lowest BCUT2D eigenvalue weighted by Crippen LogP contribution is -2.52. The minimum absolute atomic E-state index is 0.212. The molecule has 6 heteroatoms. The Labute approximate surface area is 143 Å². The van der Waals surface area contributed by atoms with E-state index in [9.17, 15) is 14.4 Å². The van der Waals surface area contributed by atoms with Crippen LogP contribution in [-0.2, 0) is 20.8 Å². The van der Waals surface area contributed by atoms with Gasteiger partial charge in [-0.2, -0.15) is 0 Å². The second-order valence-corrected chi connectivity index (χ2v) is 6.26. The summed E-state index contributed by atoms with van der Waals surface area (Å²) in [5.41, 5.74) is 0.880. The molecular weight excluding hydrogens is 306 g/mol. The van der Waals surface area contributed by atoms with E-state index in [0.717, 1.165) is 5.56 Å². The van der Waals surface area contributed by atoms with E-state index in [2.05, 4.69) is 16.0 Å². The molecule has 0 aromatic heterocycles. The largest absolute Gasteiger partial charge is 0.357 e. The number of carbonyl (C=O) groups excluding carboxylic acids is 3. The molecule has 0 aliphatic heterocycles. The molecule has 132 valence electrons. The van der Waals surface area contributed by atoms with Gasteiger partial charge < -0.3 is 16.0 Å². The lowest BCUT2D eigenvalue weighted by molar-refractivity contribution is -0.131. The Morgan fingerprint density at radius 3 is 2.12 bits per heavy atom. The second kappa shape index (κ2) is 9.70. The number of hydrogen-bond acceptors (Lipinski definition) is 3. The Hall–Kier alpha value is -2.37. The number of nitrogens with one attached hydrogen (secondary N) is 3. The average molecular weight is 333 g/mol. The van der Waals surface area contributed by atoms with Crippen LogP contribution in [0.4, 0.5) is 0 Å². The predicted octanol–water partition coefficient (Wildman–Crippen LogP) is 1.01. The van der Waals surface area contributed by atoms with Gasteiger partial charge in [0.15, 0.2) is 0 Å². The summed E-state index contributed by atoms with van der Waals surface area (Å²) in [5, 5.41) is 7.91. The van der Waals surface area contributed by atoms with Crippen LogP contribution in [0.1, 0.15) is 32.8 Å². The summed E-state index contributed by atoms with van der Waals surface area (Å²) in [7, 11) is 1.53. The predicted molar refractivity (Wildman–Crippen MR) is 93.2 cm³/mol. The summed E-state index contributed by atoms with van der Waals surface area (Å²) in [4.78, 5) is 36.1. The minimum Gasteiger partial charge on any atom is -0.357 e. The standard InChI is InChI=1S/C18H27N3O3/c1-12(2)10-15(18(24)19-4)21-17(23)13(3)20-16(22)11-14-8-6-5-7-9-14/h5-9,12-13,15H,10-11H2,1-4H3,(H,19,24)(H,20,22)(H,21,23)/t13-,15-/m0/s1. The zero-order valence-corrected chi connectivity index (χ0v) is 14.8. The lowest BCUT2D eigenvalue weighted by Gasteiger charge is -2.22. The monoisotopic (exact) mass is 333 g/mol. The molecule has 1 rings (SSSR count). The first-order valence-corrected chi connectivity index (χ1v) is 8.18. The van der Waals surface area contributed by atoms with Crippen molar-refractivity contribution in [2.24, 2.45) is 5.92 Å². The number of rotatable bonds is 8. The maximum absolute atomic E-state index is 12.2. The maximum atomic E-state index is 12.2. The molecule has 0 aliphatic carbocycles. The maximum Gasteiger partial charge on any atom is 0.242 e. The van der Waals surface area contributed by atoms with E-state index in [0.29, 0.717) is 6.42 Å². The summed E-state index contributed by atoms with van der Waals surface area (Å²) in [6.45, 7) is 5.56. The Balaban J connectivity index is 2.55. The highest BCUT2D eigenvalue weighted by Crippen LogP contribution is 2.05. The van der Waals surface area contributed by atoms with Crippen LogP contribution in [-0.4, -0.2) is 36.9 Å². The molecule has 0 saturated heterocycles. The highest BCUT2D eigenvalue weighted by Gasteiger charge is 2.24. The molecule has 0 saturated carbocycles. The Morgan fingerprint density at radius 2 is 1.58 bits per heavy atom. The number of likely N-dealkylation sites (N-methyl/N-ethyl adjacent to an activating group) is 1. The van der Waals surface area contributed by atoms with Gasteiger partial charge in [0, 0.05) is 7.05 Å². The smallest absolute Gasteiger partial charge is 0.242 e. The SMILES string of the molecule is CNC(=O)[C@H](CC(C)C)NC(=O)[C@H](C)NC(=O)Cc1ccccc1. The summed E-state index contributed by atoms with van der Waals surface area (Å²) >= 11 is 0. The van der Waals surface area contributed by atoms with Gasteiger partial charge in [-0.1, -0.05) is 44.2 Å². The van der Waals surface area contributed by atoms with Crippen molar-refractivity contribution < 1.29 is 14.4 Å². The Kier molecular flexibility index (Phi) is 7.95. The lowest BCUT2D eigenvalue weighted by atomic mass is 10.0. The molecule has 2 atom stereocenters.